The van der Waals surface area contributed by atoms with E-state index in [-0.39, 0.29) is 11.5 Å². The molecule has 0 unspecified atom stereocenters. The van der Waals surface area contributed by atoms with Gasteiger partial charge in [0.1, 0.15) is 5.82 Å². The Balaban J connectivity index is 3.19. The Morgan fingerprint density at radius 2 is 2.00 bits per heavy atom. The Bertz CT molecular complexity index is 404. The molecule has 0 aliphatic rings. The van der Waals surface area contributed by atoms with E-state index < -0.39 is 5.97 Å². The molecule has 1 heterocycles. The number of aromatic carboxylic acids is 1. The number of carboxylic acids is 1. The van der Waals surface area contributed by atoms with Crippen LogP contribution < -0.4 is 5.32 Å². The molecule has 0 aromatic carbocycles. The number of carbonyl (C=O) groups excluding carboxylic acids is 1. The predicted octanol–water partition coefficient (Wildman–Crippen LogP) is 1.36. The van der Waals surface area contributed by atoms with Gasteiger partial charge < -0.3 is 10.4 Å². The van der Waals surface area contributed by atoms with E-state index >= 15 is 0 Å². The van der Waals surface area contributed by atoms with E-state index in [1.807, 2.05) is 0 Å². The van der Waals surface area contributed by atoms with Crippen molar-refractivity contribution in [1.29, 1.82) is 0 Å². The number of rotatable bonds is 2. The number of aryl methyl sites for hydroxylation is 2. The molecule has 0 aliphatic heterocycles. The average molecular weight is 208 g/mol. The summed E-state index contributed by atoms with van der Waals surface area (Å²) in [6.07, 6.45) is 0. The second-order valence-electron chi connectivity index (χ2n) is 3.27. The summed E-state index contributed by atoms with van der Waals surface area (Å²) in [4.78, 5) is 25.6. The maximum Gasteiger partial charge on any atom is 0.337 e. The van der Waals surface area contributed by atoms with Crippen LogP contribution in [0.4, 0.5) is 5.82 Å². The first-order valence-electron chi connectivity index (χ1n) is 4.41. The van der Waals surface area contributed by atoms with Crippen LogP contribution in [0.2, 0.25) is 0 Å². The van der Waals surface area contributed by atoms with Gasteiger partial charge >= 0.3 is 5.97 Å². The zero-order valence-electron chi connectivity index (χ0n) is 8.79. The lowest BCUT2D eigenvalue weighted by atomic mass is 10.1. The number of carboxylic acid groups (broad SMARTS) is 1. The van der Waals surface area contributed by atoms with E-state index in [4.69, 9.17) is 5.11 Å². The second kappa shape index (κ2) is 4.08. The van der Waals surface area contributed by atoms with Crippen LogP contribution in [0, 0.1) is 13.8 Å². The fraction of sp³-hybridized carbons (Fsp3) is 0.300. The number of pyridine rings is 1. The lowest BCUT2D eigenvalue weighted by molar-refractivity contribution is -0.114. The molecular weight excluding hydrogens is 196 g/mol. The zero-order valence-corrected chi connectivity index (χ0v) is 8.79. The lowest BCUT2D eigenvalue weighted by Gasteiger charge is -2.08. The summed E-state index contributed by atoms with van der Waals surface area (Å²) in [5.74, 6) is -0.862. The fourth-order valence-corrected chi connectivity index (χ4v) is 1.40. The summed E-state index contributed by atoms with van der Waals surface area (Å²) in [6, 6.07) is 1.54. The minimum Gasteiger partial charge on any atom is -0.478 e. The third-order valence-corrected chi connectivity index (χ3v) is 1.92. The van der Waals surface area contributed by atoms with Gasteiger partial charge in [0.2, 0.25) is 5.91 Å². The molecule has 5 heteroatoms. The van der Waals surface area contributed by atoms with E-state index in [2.05, 4.69) is 10.3 Å². The van der Waals surface area contributed by atoms with Gasteiger partial charge in [0.25, 0.3) is 0 Å². The van der Waals surface area contributed by atoms with Crippen LogP contribution in [-0.2, 0) is 4.79 Å². The molecule has 1 aromatic heterocycles. The summed E-state index contributed by atoms with van der Waals surface area (Å²) in [5, 5.41) is 11.4. The number of carbonyl (C=O) groups is 2. The Hall–Kier alpha value is -1.91. The molecule has 0 aliphatic carbocycles. The second-order valence-corrected chi connectivity index (χ2v) is 3.27. The molecule has 1 rings (SSSR count). The highest BCUT2D eigenvalue weighted by Gasteiger charge is 2.13. The van der Waals surface area contributed by atoms with Gasteiger partial charge in [-0.1, -0.05) is 0 Å². The van der Waals surface area contributed by atoms with E-state index in [9.17, 15) is 9.59 Å². The monoisotopic (exact) mass is 208 g/mol. The highest BCUT2D eigenvalue weighted by Crippen LogP contribution is 2.16. The van der Waals surface area contributed by atoms with Crippen molar-refractivity contribution < 1.29 is 14.7 Å². The quantitative estimate of drug-likeness (QED) is 0.768. The maximum atomic E-state index is 10.8. The van der Waals surface area contributed by atoms with Gasteiger partial charge in [-0.2, -0.15) is 0 Å². The third-order valence-electron chi connectivity index (χ3n) is 1.92. The van der Waals surface area contributed by atoms with Crippen LogP contribution in [0.5, 0.6) is 0 Å². The smallest absolute Gasteiger partial charge is 0.337 e. The molecule has 15 heavy (non-hydrogen) atoms. The van der Waals surface area contributed by atoms with Gasteiger partial charge in [-0.25, -0.2) is 9.78 Å². The first-order chi connectivity index (χ1) is 6.91. The molecule has 0 saturated carbocycles. The normalized spacial score (nSPS) is 9.80. The Morgan fingerprint density at radius 3 is 2.40 bits per heavy atom. The Kier molecular flexibility index (Phi) is 3.04. The van der Waals surface area contributed by atoms with Crippen molar-refractivity contribution in [2.75, 3.05) is 5.32 Å². The number of nitrogens with zero attached hydrogens (tertiary/aromatic N) is 1. The zero-order chi connectivity index (χ0) is 11.6. The van der Waals surface area contributed by atoms with E-state index in [1.54, 1.807) is 13.8 Å². The standard InChI is InChI=1S/C10H12N2O3/c1-5-4-8(12-7(3)13)11-6(2)9(5)10(14)15/h4H,1-3H3,(H,14,15)(H,11,12,13). The van der Waals surface area contributed by atoms with Crippen LogP contribution in [0.25, 0.3) is 0 Å². The molecule has 0 saturated heterocycles. The summed E-state index contributed by atoms with van der Waals surface area (Å²) >= 11 is 0. The molecule has 1 aromatic rings. The number of nitrogens with one attached hydrogen (secondary N) is 1. The topological polar surface area (TPSA) is 79.3 Å². The predicted molar refractivity (Wildman–Crippen MR) is 55.0 cm³/mol. The average Bonchev–Trinajstić information content (AvgIpc) is 1.99. The minimum absolute atomic E-state index is 0.184. The molecule has 0 radical (unpaired) electrons. The molecule has 1 amide bonds. The van der Waals surface area contributed by atoms with Gasteiger partial charge in [0.15, 0.2) is 0 Å². The molecule has 80 valence electrons. The van der Waals surface area contributed by atoms with Crippen molar-refractivity contribution in [1.82, 2.24) is 4.98 Å². The SMILES string of the molecule is CC(=O)Nc1cc(C)c(C(=O)O)c(C)n1. The van der Waals surface area contributed by atoms with Crippen LogP contribution in [0.1, 0.15) is 28.5 Å². The fourth-order valence-electron chi connectivity index (χ4n) is 1.40. The number of anilines is 1. The molecule has 0 fully saturated rings. The largest absolute Gasteiger partial charge is 0.478 e. The van der Waals surface area contributed by atoms with E-state index in [0.717, 1.165) is 0 Å². The minimum atomic E-state index is -1.01. The lowest BCUT2D eigenvalue weighted by Crippen LogP contribution is -2.11. The molecular formula is C10H12N2O3. The van der Waals surface area contributed by atoms with Gasteiger partial charge in [0.05, 0.1) is 11.3 Å². The van der Waals surface area contributed by atoms with Crippen molar-refractivity contribution in [2.24, 2.45) is 0 Å². The Labute approximate surface area is 87.1 Å². The van der Waals surface area contributed by atoms with Gasteiger partial charge in [-0.15, -0.1) is 0 Å². The summed E-state index contributed by atoms with van der Waals surface area (Å²) in [7, 11) is 0. The molecule has 5 nitrogen and oxygen atoms in total. The van der Waals surface area contributed by atoms with Crippen LogP contribution >= 0.6 is 0 Å². The first kappa shape index (κ1) is 11.2. The van der Waals surface area contributed by atoms with Gasteiger partial charge in [-0.05, 0) is 25.5 Å². The number of aromatic nitrogens is 1. The van der Waals surface area contributed by atoms with Gasteiger partial charge in [0, 0.05) is 6.92 Å². The van der Waals surface area contributed by atoms with Gasteiger partial charge in [-0.3, -0.25) is 4.79 Å². The van der Waals surface area contributed by atoms with Crippen molar-refractivity contribution >= 4 is 17.7 Å². The van der Waals surface area contributed by atoms with Crippen LogP contribution in [0.15, 0.2) is 6.07 Å². The van der Waals surface area contributed by atoms with Crippen LogP contribution in [-0.4, -0.2) is 22.0 Å². The molecule has 0 atom stereocenters. The summed E-state index contributed by atoms with van der Waals surface area (Å²) in [5.41, 5.74) is 1.16. The van der Waals surface area contributed by atoms with Crippen molar-refractivity contribution in [2.45, 2.75) is 20.8 Å². The third kappa shape index (κ3) is 2.52. The van der Waals surface area contributed by atoms with Crippen LogP contribution in [0.3, 0.4) is 0 Å². The van der Waals surface area contributed by atoms with Crippen molar-refractivity contribution in [3.63, 3.8) is 0 Å². The van der Waals surface area contributed by atoms with E-state index in [1.165, 1.54) is 13.0 Å². The Morgan fingerprint density at radius 1 is 1.40 bits per heavy atom. The van der Waals surface area contributed by atoms with Crippen molar-refractivity contribution in [3.05, 3.63) is 22.9 Å². The summed E-state index contributed by atoms with van der Waals surface area (Å²) in [6.45, 7) is 4.64. The van der Waals surface area contributed by atoms with E-state index in [0.29, 0.717) is 17.1 Å². The molecule has 0 spiro atoms. The summed E-state index contributed by atoms with van der Waals surface area (Å²) < 4.78 is 0. The molecule has 0 bridgehead atoms. The number of amides is 1. The highest BCUT2D eigenvalue weighted by atomic mass is 16.4. The maximum absolute atomic E-state index is 10.8. The molecule has 2 N–H and O–H groups in total. The number of hydrogen-bond donors (Lipinski definition) is 2. The highest BCUT2D eigenvalue weighted by molar-refractivity contribution is 5.92. The first-order valence-corrected chi connectivity index (χ1v) is 4.41. The van der Waals surface area contributed by atoms with Crippen molar-refractivity contribution in [3.8, 4) is 0 Å². The number of hydrogen-bond acceptors (Lipinski definition) is 3.